The Labute approximate surface area is 169 Å². The number of hydrogen-bond acceptors (Lipinski definition) is 11. The molecule has 2 aromatic rings. The van der Waals surface area contributed by atoms with Gasteiger partial charge in [-0.15, -0.1) is 10.2 Å². The van der Waals surface area contributed by atoms with Gasteiger partial charge >= 0.3 is 10.4 Å². The second kappa shape index (κ2) is 9.09. The van der Waals surface area contributed by atoms with E-state index in [1.165, 1.54) is 30.3 Å². The molecular formula is C14H12N4O8S3. The minimum absolute atomic E-state index is 0.174. The zero-order valence-electron chi connectivity index (χ0n) is 14.1. The molecule has 0 aliphatic heterocycles. The maximum absolute atomic E-state index is 11.6. The van der Waals surface area contributed by atoms with Crippen molar-refractivity contribution in [2.45, 2.75) is 9.79 Å². The average molecular weight is 460 g/mol. The van der Waals surface area contributed by atoms with Crippen molar-refractivity contribution in [1.29, 1.82) is 0 Å². The smallest absolute Gasteiger partial charge is 0.399 e. The van der Waals surface area contributed by atoms with Crippen LogP contribution in [0.5, 0.6) is 0 Å². The third-order valence-electron chi connectivity index (χ3n) is 2.90. The summed E-state index contributed by atoms with van der Waals surface area (Å²) in [5.74, 6) is 0. The summed E-state index contributed by atoms with van der Waals surface area (Å²) in [5, 5.41) is 9.87. The number of anilines is 2. The topological polar surface area (TPSA) is 204 Å². The molecule has 12 nitrogen and oxygen atoms in total. The molecule has 0 saturated heterocycles. The molecule has 0 amide bonds. The van der Waals surface area contributed by atoms with Crippen LogP contribution in [0.15, 0.2) is 56.4 Å². The molecule has 0 radical (unpaired) electrons. The minimum atomic E-state index is -4.82. The lowest BCUT2D eigenvalue weighted by molar-refractivity contribution is -0.135. The highest BCUT2D eigenvalue weighted by Crippen LogP contribution is 2.32. The highest BCUT2D eigenvalue weighted by atomic mass is 32.3. The van der Waals surface area contributed by atoms with E-state index >= 15 is 0 Å². The molecule has 0 aliphatic carbocycles. The number of azo groups is 1. The summed E-state index contributed by atoms with van der Waals surface area (Å²) in [6.45, 7) is 0. The zero-order valence-corrected chi connectivity index (χ0v) is 16.5. The summed E-state index contributed by atoms with van der Waals surface area (Å²) < 4.78 is 65.0. The van der Waals surface area contributed by atoms with Crippen molar-refractivity contribution >= 4 is 55.0 Å². The van der Waals surface area contributed by atoms with E-state index in [9.17, 15) is 21.4 Å². The van der Waals surface area contributed by atoms with Crippen LogP contribution >= 0.6 is 11.8 Å². The highest BCUT2D eigenvalue weighted by molar-refractivity contribution is 8.04. The van der Waals surface area contributed by atoms with E-state index in [1.54, 1.807) is 6.11 Å². The number of nitrogens with zero attached hydrogens (tertiary/aromatic N) is 2. The summed E-state index contributed by atoms with van der Waals surface area (Å²) in [6.07, 6.45) is 1.79. The molecule has 0 saturated carbocycles. The van der Waals surface area contributed by atoms with Crippen molar-refractivity contribution in [3.8, 4) is 11.4 Å². The van der Waals surface area contributed by atoms with Crippen molar-refractivity contribution in [3.63, 3.8) is 0 Å². The van der Waals surface area contributed by atoms with Crippen LogP contribution in [0.25, 0.3) is 0 Å². The van der Waals surface area contributed by atoms with Crippen LogP contribution < -0.4 is 11.5 Å². The van der Waals surface area contributed by atoms with Crippen LogP contribution in [0.4, 0.5) is 22.7 Å². The molecule has 0 aliphatic rings. The third-order valence-corrected chi connectivity index (χ3v) is 4.70. The molecule has 0 aromatic heterocycles. The molecule has 0 atom stereocenters. The summed E-state index contributed by atoms with van der Waals surface area (Å²) >= 11 is 0.704. The normalized spacial score (nSPS) is 11.8. The Bertz CT molecular complexity index is 1220. The van der Waals surface area contributed by atoms with E-state index < -0.39 is 25.4 Å². The zero-order chi connectivity index (χ0) is 21.7. The van der Waals surface area contributed by atoms with Gasteiger partial charge in [-0.25, -0.2) is 0 Å². The van der Waals surface area contributed by atoms with Crippen molar-refractivity contribution in [2.24, 2.45) is 10.2 Å². The highest BCUT2D eigenvalue weighted by Gasteiger charge is 2.17. The summed E-state index contributed by atoms with van der Waals surface area (Å²) in [4.78, 5) is 3.58. The first kappa shape index (κ1) is 22.4. The number of nitrogens with two attached hydrogens (primary N) is 2. The van der Waals surface area contributed by atoms with Crippen molar-refractivity contribution in [3.05, 3.63) is 36.4 Å². The Balaban J connectivity index is 2.26. The minimum Gasteiger partial charge on any atom is -0.399 e. The van der Waals surface area contributed by atoms with Gasteiger partial charge in [0.2, 0.25) is 0 Å². The van der Waals surface area contributed by atoms with Gasteiger partial charge in [-0.3, -0.25) is 14.0 Å². The number of rotatable bonds is 6. The standard InChI is InChI=1S/C14H12N4O8S3/c15-9-1-3-12(11(16)7-9)17-18-13-4-2-10(8-14(13)28(19,20)21)27-6-5-25-26-29(22,23)24/h1-4,7-8H,15-16H2,(H,19,20,21)(H,22,23,24). The van der Waals surface area contributed by atoms with E-state index in [0.29, 0.717) is 17.4 Å². The molecule has 2 rings (SSSR count). The first-order valence-electron chi connectivity index (χ1n) is 7.13. The van der Waals surface area contributed by atoms with E-state index in [1.807, 2.05) is 0 Å². The van der Waals surface area contributed by atoms with Crippen LogP contribution in [-0.2, 0) is 29.7 Å². The first-order valence-corrected chi connectivity index (χ1v) is 10.8. The second-order valence-corrected chi connectivity index (χ2v) is 8.27. The maximum Gasteiger partial charge on any atom is 0.433 e. The predicted molar refractivity (Wildman–Crippen MR) is 103 cm³/mol. The van der Waals surface area contributed by atoms with E-state index in [0.717, 1.165) is 6.07 Å². The van der Waals surface area contributed by atoms with Crippen LogP contribution in [0.2, 0.25) is 0 Å². The number of benzene rings is 2. The van der Waals surface area contributed by atoms with Gasteiger partial charge in [0.05, 0.1) is 5.69 Å². The molecule has 6 N–H and O–H groups in total. The van der Waals surface area contributed by atoms with Gasteiger partial charge in [-0.2, -0.15) is 16.8 Å². The van der Waals surface area contributed by atoms with Gasteiger partial charge in [0.15, 0.2) is 6.11 Å². The second-order valence-electron chi connectivity index (χ2n) is 5.01. The Morgan fingerprint density at radius 1 is 0.966 bits per heavy atom. The molecule has 0 heterocycles. The number of hydrogen-bond donors (Lipinski definition) is 4. The molecule has 154 valence electrons. The molecule has 29 heavy (non-hydrogen) atoms. The maximum atomic E-state index is 11.6. The Kier molecular flexibility index (Phi) is 7.02. The Hall–Kier alpha value is -2.87. The van der Waals surface area contributed by atoms with Crippen LogP contribution in [-0.4, -0.2) is 25.9 Å². The lowest BCUT2D eigenvalue weighted by atomic mass is 10.2. The number of nitrogen functional groups attached to an aromatic ring is 2. The predicted octanol–water partition coefficient (Wildman–Crippen LogP) is 2.27. The van der Waals surface area contributed by atoms with E-state index in [-0.39, 0.29) is 22.0 Å². The van der Waals surface area contributed by atoms with Gasteiger partial charge < -0.3 is 11.5 Å². The van der Waals surface area contributed by atoms with E-state index in [4.69, 9.17) is 16.0 Å². The molecule has 2 aromatic carbocycles. The summed E-state index contributed by atoms with van der Waals surface area (Å²) in [7, 11) is -9.49. The van der Waals surface area contributed by atoms with E-state index in [2.05, 4.69) is 24.7 Å². The lowest BCUT2D eigenvalue weighted by Gasteiger charge is -2.04. The lowest BCUT2D eigenvalue weighted by Crippen LogP contribution is -2.01. The van der Waals surface area contributed by atoms with Gasteiger partial charge in [0, 0.05) is 15.8 Å². The van der Waals surface area contributed by atoms with Crippen molar-refractivity contribution in [1.82, 2.24) is 0 Å². The Morgan fingerprint density at radius 3 is 2.24 bits per heavy atom. The van der Waals surface area contributed by atoms with Crippen molar-refractivity contribution in [2.75, 3.05) is 11.5 Å². The van der Waals surface area contributed by atoms with Gasteiger partial charge in [-0.1, -0.05) is 0 Å². The fourth-order valence-electron chi connectivity index (χ4n) is 1.78. The molecule has 0 fully saturated rings. The third kappa shape index (κ3) is 7.23. The average Bonchev–Trinajstić information content (AvgIpc) is 2.59. The molecular weight excluding hydrogens is 448 g/mol. The molecule has 0 unspecified atom stereocenters. The van der Waals surface area contributed by atoms with Crippen LogP contribution in [0, 0.1) is 11.4 Å². The largest absolute Gasteiger partial charge is 0.433 e. The van der Waals surface area contributed by atoms with Crippen LogP contribution in [0.1, 0.15) is 0 Å². The summed E-state index contributed by atoms with van der Waals surface area (Å²) in [6, 6.07) is 8.16. The number of thioether (sulfide) groups is 1. The Morgan fingerprint density at radius 2 is 1.62 bits per heavy atom. The SMILES string of the molecule is Nc1ccc(N=Nc2ccc(SC#COOS(=O)(=O)O)cc2S(=O)(=O)O)c(N)c1. The monoisotopic (exact) mass is 460 g/mol. The molecule has 0 spiro atoms. The summed E-state index contributed by atoms with van der Waals surface area (Å²) in [5.41, 5.74) is 12.0. The fraction of sp³-hybridized carbons (Fsp3) is 0. The van der Waals surface area contributed by atoms with Crippen molar-refractivity contribution < 1.29 is 35.2 Å². The van der Waals surface area contributed by atoms with Gasteiger partial charge in [0.1, 0.15) is 16.3 Å². The first-order chi connectivity index (χ1) is 13.5. The molecule has 0 bridgehead atoms. The molecule has 15 heteroatoms. The van der Waals surface area contributed by atoms with Gasteiger partial charge in [-0.05, 0) is 52.5 Å². The quantitative estimate of drug-likeness (QED) is 0.0935. The van der Waals surface area contributed by atoms with Gasteiger partial charge in [0.25, 0.3) is 10.1 Å². The fourth-order valence-corrected chi connectivity index (χ4v) is 3.13. The van der Waals surface area contributed by atoms with Crippen LogP contribution in [0.3, 0.4) is 0 Å².